The second-order valence-corrected chi connectivity index (χ2v) is 13.1. The number of likely N-dealkylation sites (tertiary alicyclic amines) is 1. The van der Waals surface area contributed by atoms with Crippen LogP contribution in [-0.2, 0) is 22.6 Å². The van der Waals surface area contributed by atoms with Crippen molar-refractivity contribution in [3.8, 4) is 45.4 Å². The molecule has 0 unspecified atom stereocenters. The second kappa shape index (κ2) is 14.9. The molecule has 48 heavy (non-hydrogen) atoms. The Labute approximate surface area is 290 Å². The highest BCUT2D eigenvalue weighted by Gasteiger charge is 2.29. The molecule has 0 saturated carbocycles. The summed E-state index contributed by atoms with van der Waals surface area (Å²) in [6.07, 6.45) is 4.77. The molecule has 6 rings (SSSR count). The molecule has 9 nitrogen and oxygen atoms in total. The van der Waals surface area contributed by atoms with Gasteiger partial charge in [0.25, 0.3) is 0 Å². The number of halogens is 2. The summed E-state index contributed by atoms with van der Waals surface area (Å²) in [6, 6.07) is 19.7. The normalized spacial score (nSPS) is 17.8. The van der Waals surface area contributed by atoms with Crippen LogP contribution in [0, 0.1) is 5.92 Å². The van der Waals surface area contributed by atoms with E-state index < -0.39 is 5.97 Å². The van der Waals surface area contributed by atoms with Crippen LogP contribution in [0.15, 0.2) is 60.7 Å². The zero-order valence-corrected chi connectivity index (χ0v) is 28.5. The Hall–Kier alpha value is -4.18. The van der Waals surface area contributed by atoms with Gasteiger partial charge in [-0.15, -0.1) is 0 Å². The lowest BCUT2D eigenvalue weighted by molar-refractivity contribution is -0.141. The molecule has 0 radical (unpaired) electrons. The summed E-state index contributed by atoms with van der Waals surface area (Å²) in [5.74, 6) is 0.0534. The molecule has 0 bridgehead atoms. The van der Waals surface area contributed by atoms with Gasteiger partial charge in [-0.1, -0.05) is 71.7 Å². The number of methoxy groups -OCH3 is 2. The number of carbonyl (C=O) groups is 2. The number of carbonyl (C=O) groups excluding carboxylic acids is 1. The zero-order valence-electron chi connectivity index (χ0n) is 27.0. The summed E-state index contributed by atoms with van der Waals surface area (Å²) in [6.45, 7) is 1.77. The molecule has 11 heteroatoms. The number of carboxylic acid groups (broad SMARTS) is 1. The quantitative estimate of drug-likeness (QED) is 0.159. The highest BCUT2D eigenvalue weighted by molar-refractivity contribution is 6.39. The van der Waals surface area contributed by atoms with Crippen molar-refractivity contribution in [3.05, 3.63) is 81.8 Å². The number of aliphatic carboxylic acids is 1. The first-order valence-electron chi connectivity index (χ1n) is 16.2. The fourth-order valence-electron chi connectivity index (χ4n) is 6.63. The second-order valence-electron chi connectivity index (χ2n) is 12.3. The van der Waals surface area contributed by atoms with Crippen LogP contribution in [0.25, 0.3) is 33.6 Å². The number of ether oxygens (including phenoxy) is 2. The number of carboxylic acids is 1. The standard InChI is InChI=1S/C37H38Cl2N4O5/c1-47-35-22(6-3-7-25-14-17-32(44)40-25)12-15-30(41-35)28-10-4-8-26(33(28)38)27-9-5-11-29(34(27)39)31-16-13-23(36(42-31)48-2)20-43-19-18-24(21-43)37(45)46/h4-5,8-13,15-16,24-25H,3,6-7,14,17-21H2,1-2H3,(H,40,44)(H,45,46)/t24-,25-/m1/s1. The Morgan fingerprint density at radius 3 is 2.00 bits per heavy atom. The summed E-state index contributed by atoms with van der Waals surface area (Å²) in [5.41, 5.74) is 6.22. The first-order valence-corrected chi connectivity index (χ1v) is 16.9. The van der Waals surface area contributed by atoms with E-state index in [1.807, 2.05) is 60.7 Å². The van der Waals surface area contributed by atoms with Gasteiger partial charge in [0, 0.05) is 58.9 Å². The number of benzene rings is 2. The van der Waals surface area contributed by atoms with Gasteiger partial charge in [-0.05, 0) is 50.8 Å². The van der Waals surface area contributed by atoms with Gasteiger partial charge in [0.2, 0.25) is 17.7 Å². The van der Waals surface area contributed by atoms with E-state index in [-0.39, 0.29) is 17.9 Å². The van der Waals surface area contributed by atoms with Gasteiger partial charge >= 0.3 is 5.97 Å². The lowest BCUT2D eigenvalue weighted by atomic mass is 9.97. The summed E-state index contributed by atoms with van der Waals surface area (Å²) >= 11 is 14.2. The highest BCUT2D eigenvalue weighted by atomic mass is 35.5. The maximum absolute atomic E-state index is 11.5. The molecule has 0 aliphatic carbocycles. The number of hydrogen-bond acceptors (Lipinski definition) is 7. The maximum Gasteiger partial charge on any atom is 0.307 e. The SMILES string of the molecule is COc1nc(-c2cccc(-c3cccc(-c4ccc(CN5CC[C@@H](C(=O)O)C5)c(OC)n4)c3Cl)c2Cl)ccc1CCC[C@@H]1CCC(=O)N1. The Morgan fingerprint density at radius 2 is 1.46 bits per heavy atom. The molecule has 4 heterocycles. The van der Waals surface area contributed by atoms with Gasteiger partial charge in [-0.3, -0.25) is 14.5 Å². The van der Waals surface area contributed by atoms with Crippen molar-refractivity contribution in [1.29, 1.82) is 0 Å². The van der Waals surface area contributed by atoms with Crippen LogP contribution in [0.3, 0.4) is 0 Å². The van der Waals surface area contributed by atoms with Crippen LogP contribution < -0.4 is 14.8 Å². The number of nitrogens with one attached hydrogen (secondary N) is 1. The Morgan fingerprint density at radius 1 is 0.875 bits per heavy atom. The van der Waals surface area contributed by atoms with Crippen molar-refractivity contribution in [3.63, 3.8) is 0 Å². The predicted molar refractivity (Wildman–Crippen MR) is 187 cm³/mol. The molecule has 2 atom stereocenters. The lowest BCUT2D eigenvalue weighted by Crippen LogP contribution is -2.25. The molecule has 2 aromatic heterocycles. The molecule has 2 aromatic carbocycles. The van der Waals surface area contributed by atoms with Gasteiger partial charge in [0.15, 0.2) is 0 Å². The molecule has 1 amide bonds. The highest BCUT2D eigenvalue weighted by Crippen LogP contribution is 2.42. The van der Waals surface area contributed by atoms with Crippen LogP contribution in [0.2, 0.25) is 10.0 Å². The van der Waals surface area contributed by atoms with Crippen LogP contribution in [0.4, 0.5) is 0 Å². The third-order valence-electron chi connectivity index (χ3n) is 9.20. The van der Waals surface area contributed by atoms with Crippen molar-refractivity contribution in [2.45, 2.75) is 51.1 Å². The first kappa shape index (κ1) is 33.7. The van der Waals surface area contributed by atoms with E-state index in [1.165, 1.54) is 0 Å². The third kappa shape index (κ3) is 7.28. The van der Waals surface area contributed by atoms with Gasteiger partial charge in [0.05, 0.1) is 41.6 Å². The summed E-state index contributed by atoms with van der Waals surface area (Å²) < 4.78 is 11.3. The summed E-state index contributed by atoms with van der Waals surface area (Å²) in [7, 11) is 3.20. The van der Waals surface area contributed by atoms with Gasteiger partial charge in [-0.25, -0.2) is 9.97 Å². The number of aromatic nitrogens is 2. The van der Waals surface area contributed by atoms with Crippen molar-refractivity contribution < 1.29 is 24.2 Å². The number of amides is 1. The monoisotopic (exact) mass is 688 g/mol. The molecular weight excluding hydrogens is 651 g/mol. The fourth-order valence-corrected chi connectivity index (χ4v) is 7.28. The van der Waals surface area contributed by atoms with Crippen LogP contribution in [-0.4, -0.2) is 65.2 Å². The molecule has 2 fully saturated rings. The number of aryl methyl sites for hydroxylation is 1. The number of hydrogen-bond donors (Lipinski definition) is 2. The lowest BCUT2D eigenvalue weighted by Gasteiger charge is -2.18. The molecule has 2 N–H and O–H groups in total. The average molecular weight is 690 g/mol. The van der Waals surface area contributed by atoms with Gasteiger partial charge in [0.1, 0.15) is 0 Å². The molecular formula is C37H38Cl2N4O5. The van der Waals surface area contributed by atoms with Gasteiger partial charge in [-0.2, -0.15) is 0 Å². The van der Waals surface area contributed by atoms with Gasteiger partial charge < -0.3 is 19.9 Å². The Kier molecular flexibility index (Phi) is 10.5. The van der Waals surface area contributed by atoms with E-state index in [9.17, 15) is 14.7 Å². The molecule has 2 saturated heterocycles. The van der Waals surface area contributed by atoms with E-state index in [0.717, 1.165) is 59.1 Å². The topological polar surface area (TPSA) is 114 Å². The number of rotatable bonds is 12. The first-order chi connectivity index (χ1) is 23.2. The fraction of sp³-hybridized carbons (Fsp3) is 0.351. The Bertz CT molecular complexity index is 1830. The van der Waals surface area contributed by atoms with E-state index >= 15 is 0 Å². The summed E-state index contributed by atoms with van der Waals surface area (Å²) in [4.78, 5) is 34.7. The Balaban J connectivity index is 1.23. The summed E-state index contributed by atoms with van der Waals surface area (Å²) in [5, 5.41) is 13.4. The maximum atomic E-state index is 11.5. The third-order valence-corrected chi connectivity index (χ3v) is 10.0. The zero-order chi connectivity index (χ0) is 33.8. The largest absolute Gasteiger partial charge is 0.481 e. The van der Waals surface area contributed by atoms with E-state index in [4.69, 9.17) is 42.6 Å². The van der Waals surface area contributed by atoms with Crippen molar-refractivity contribution in [2.24, 2.45) is 5.92 Å². The van der Waals surface area contributed by atoms with Crippen LogP contribution >= 0.6 is 23.2 Å². The average Bonchev–Trinajstić information content (AvgIpc) is 3.74. The van der Waals surface area contributed by atoms with E-state index in [0.29, 0.717) is 65.7 Å². The minimum absolute atomic E-state index is 0.134. The van der Waals surface area contributed by atoms with E-state index in [1.54, 1.807) is 14.2 Å². The molecule has 250 valence electrons. The molecule has 0 spiro atoms. The van der Waals surface area contributed by atoms with Crippen molar-refractivity contribution in [2.75, 3.05) is 27.3 Å². The number of pyridine rings is 2. The van der Waals surface area contributed by atoms with Crippen molar-refractivity contribution in [1.82, 2.24) is 20.2 Å². The minimum Gasteiger partial charge on any atom is -0.481 e. The van der Waals surface area contributed by atoms with Crippen molar-refractivity contribution >= 4 is 35.1 Å². The van der Waals surface area contributed by atoms with Crippen LogP contribution in [0.1, 0.15) is 43.2 Å². The number of nitrogens with zero attached hydrogens (tertiary/aromatic N) is 3. The predicted octanol–water partition coefficient (Wildman–Crippen LogP) is 7.31. The van der Waals surface area contributed by atoms with E-state index in [2.05, 4.69) is 10.2 Å². The minimum atomic E-state index is -0.758. The smallest absolute Gasteiger partial charge is 0.307 e. The molecule has 4 aromatic rings. The van der Waals surface area contributed by atoms with Crippen LogP contribution in [0.5, 0.6) is 11.8 Å². The molecule has 2 aliphatic heterocycles. The molecule has 2 aliphatic rings.